The van der Waals surface area contributed by atoms with E-state index < -0.39 is 28.6 Å². The van der Waals surface area contributed by atoms with Crippen molar-refractivity contribution in [2.24, 2.45) is 0 Å². The molecule has 140 valence electrons. The third-order valence-corrected chi connectivity index (χ3v) is 4.36. The molecule has 0 bridgehead atoms. The molecule has 2 heterocycles. The maximum Gasteiger partial charge on any atom is 0.269 e. The van der Waals surface area contributed by atoms with Crippen LogP contribution in [-0.4, -0.2) is 16.0 Å². The first kappa shape index (κ1) is 18.9. The van der Waals surface area contributed by atoms with Crippen LogP contribution in [-0.2, 0) is 6.54 Å². The van der Waals surface area contributed by atoms with Gasteiger partial charge in [0.2, 0.25) is 0 Å². The van der Waals surface area contributed by atoms with Crippen molar-refractivity contribution in [2.75, 3.05) is 0 Å². The molecule has 0 amide bonds. The molecule has 0 saturated heterocycles. The van der Waals surface area contributed by atoms with E-state index >= 15 is 0 Å². The van der Waals surface area contributed by atoms with E-state index in [0.29, 0.717) is 18.4 Å². The minimum Gasteiger partial charge on any atom is -0.360 e. The van der Waals surface area contributed by atoms with Gasteiger partial charge in [-0.1, -0.05) is 16.8 Å². The molecule has 0 aliphatic rings. The molecule has 9 heteroatoms. The van der Waals surface area contributed by atoms with Gasteiger partial charge in [0.25, 0.3) is 5.56 Å². The molecule has 0 spiro atoms. The number of aromatic nitrogens is 2. The molecular formula is C18H12ClF3N2O3. The summed E-state index contributed by atoms with van der Waals surface area (Å²) in [7, 11) is 0. The lowest BCUT2D eigenvalue weighted by molar-refractivity contribution is 0.112. The number of hydrogen-bond donors (Lipinski definition) is 0. The number of aldehydes is 1. The second-order valence-corrected chi connectivity index (χ2v) is 6.07. The Morgan fingerprint density at radius 1 is 1.22 bits per heavy atom. The number of carbonyl (C=O) groups is 1. The van der Waals surface area contributed by atoms with Gasteiger partial charge in [-0.2, -0.15) is 0 Å². The molecule has 0 fully saturated rings. The van der Waals surface area contributed by atoms with Crippen LogP contribution in [0.15, 0.2) is 27.5 Å². The van der Waals surface area contributed by atoms with E-state index in [9.17, 15) is 22.8 Å². The van der Waals surface area contributed by atoms with Crippen LogP contribution in [0, 0.1) is 24.4 Å². The summed E-state index contributed by atoms with van der Waals surface area (Å²) in [5.74, 6) is -3.37. The van der Waals surface area contributed by atoms with E-state index in [0.717, 1.165) is 10.6 Å². The topological polar surface area (TPSA) is 65.1 Å². The SMILES string of the molecule is CCn1c(-c2c(F)cc(F)cc2F)c(-c2noc(C)c2C=O)cc(Cl)c1=O. The Labute approximate surface area is 156 Å². The minimum atomic E-state index is -1.22. The van der Waals surface area contributed by atoms with Gasteiger partial charge in [0, 0.05) is 24.2 Å². The number of pyridine rings is 1. The van der Waals surface area contributed by atoms with Crippen molar-refractivity contribution in [3.8, 4) is 22.5 Å². The molecule has 2 aromatic heterocycles. The number of aryl methyl sites for hydroxylation is 1. The summed E-state index contributed by atoms with van der Waals surface area (Å²) in [5, 5.41) is 3.53. The quantitative estimate of drug-likeness (QED) is 0.614. The van der Waals surface area contributed by atoms with Gasteiger partial charge in [0.15, 0.2) is 6.29 Å². The Morgan fingerprint density at radius 2 is 1.85 bits per heavy atom. The van der Waals surface area contributed by atoms with Crippen molar-refractivity contribution in [3.05, 3.63) is 62.4 Å². The standard InChI is InChI=1S/C18H12ClF3N2O3/c1-3-24-17(15-13(21)4-9(20)5-14(15)22)10(6-12(19)18(24)26)16-11(7-25)8(2)27-23-16/h4-7H,3H2,1-2H3. The average molecular weight is 397 g/mol. The monoisotopic (exact) mass is 396 g/mol. The Balaban J connectivity index is 2.52. The fourth-order valence-electron chi connectivity index (χ4n) is 2.87. The molecule has 27 heavy (non-hydrogen) atoms. The molecule has 0 atom stereocenters. The van der Waals surface area contributed by atoms with Gasteiger partial charge in [0.1, 0.15) is 33.9 Å². The van der Waals surface area contributed by atoms with Gasteiger partial charge in [-0.3, -0.25) is 9.59 Å². The van der Waals surface area contributed by atoms with Crippen molar-refractivity contribution in [2.45, 2.75) is 20.4 Å². The predicted octanol–water partition coefficient (Wildman–Crippen LogP) is 4.38. The first-order valence-electron chi connectivity index (χ1n) is 7.80. The molecule has 3 rings (SSSR count). The Bertz CT molecular complexity index is 1100. The first-order chi connectivity index (χ1) is 12.8. The third kappa shape index (κ3) is 3.06. The highest BCUT2D eigenvalue weighted by atomic mass is 35.5. The lowest BCUT2D eigenvalue weighted by atomic mass is 9.99. The molecule has 0 aliphatic heterocycles. The zero-order chi connectivity index (χ0) is 19.9. The molecule has 5 nitrogen and oxygen atoms in total. The van der Waals surface area contributed by atoms with E-state index in [-0.39, 0.29) is 39.8 Å². The van der Waals surface area contributed by atoms with E-state index in [2.05, 4.69) is 5.16 Å². The van der Waals surface area contributed by atoms with Crippen LogP contribution in [0.2, 0.25) is 5.02 Å². The van der Waals surface area contributed by atoms with Gasteiger partial charge in [-0.05, 0) is 19.9 Å². The van der Waals surface area contributed by atoms with Crippen molar-refractivity contribution < 1.29 is 22.5 Å². The Morgan fingerprint density at radius 3 is 2.41 bits per heavy atom. The van der Waals surface area contributed by atoms with E-state index in [1.165, 1.54) is 6.92 Å². The minimum absolute atomic E-state index is 0.00445. The summed E-state index contributed by atoms with van der Waals surface area (Å²) in [6, 6.07) is 2.14. The lowest BCUT2D eigenvalue weighted by Crippen LogP contribution is -2.23. The van der Waals surface area contributed by atoms with Crippen LogP contribution in [0.1, 0.15) is 23.0 Å². The van der Waals surface area contributed by atoms with Crippen LogP contribution in [0.4, 0.5) is 13.2 Å². The summed E-state index contributed by atoms with van der Waals surface area (Å²) in [4.78, 5) is 23.8. The molecule has 1 aromatic carbocycles. The molecule has 3 aromatic rings. The lowest BCUT2D eigenvalue weighted by Gasteiger charge is -2.17. The van der Waals surface area contributed by atoms with E-state index in [1.54, 1.807) is 6.92 Å². The predicted molar refractivity (Wildman–Crippen MR) is 92.3 cm³/mol. The zero-order valence-electron chi connectivity index (χ0n) is 14.1. The number of hydrogen-bond acceptors (Lipinski definition) is 4. The van der Waals surface area contributed by atoms with Gasteiger partial charge in [-0.25, -0.2) is 13.2 Å². The highest BCUT2D eigenvalue weighted by Gasteiger charge is 2.26. The molecule has 0 aliphatic carbocycles. The number of rotatable bonds is 4. The normalized spacial score (nSPS) is 11.0. The second-order valence-electron chi connectivity index (χ2n) is 5.67. The first-order valence-corrected chi connectivity index (χ1v) is 8.18. The van der Waals surface area contributed by atoms with Gasteiger partial charge in [0.05, 0.1) is 16.8 Å². The maximum atomic E-state index is 14.5. The van der Waals surface area contributed by atoms with Gasteiger partial charge in [-0.15, -0.1) is 0 Å². The number of carbonyl (C=O) groups excluding carboxylic acids is 1. The van der Waals surface area contributed by atoms with Crippen molar-refractivity contribution in [1.82, 2.24) is 9.72 Å². The molecule has 0 N–H and O–H groups in total. The van der Waals surface area contributed by atoms with Crippen molar-refractivity contribution >= 4 is 17.9 Å². The largest absolute Gasteiger partial charge is 0.360 e. The molecule has 0 radical (unpaired) electrons. The van der Waals surface area contributed by atoms with Crippen LogP contribution in [0.25, 0.3) is 22.5 Å². The second kappa shape index (κ2) is 7.03. The summed E-state index contributed by atoms with van der Waals surface area (Å²) in [6.07, 6.45) is 0.470. The fourth-order valence-corrected chi connectivity index (χ4v) is 3.08. The zero-order valence-corrected chi connectivity index (χ0v) is 14.9. The molecular weight excluding hydrogens is 385 g/mol. The Hall–Kier alpha value is -2.87. The highest BCUT2D eigenvalue weighted by Crippen LogP contribution is 2.37. The third-order valence-electron chi connectivity index (χ3n) is 4.09. The van der Waals surface area contributed by atoms with E-state index in [1.807, 2.05) is 0 Å². The summed E-state index contributed by atoms with van der Waals surface area (Å²) >= 11 is 5.99. The highest BCUT2D eigenvalue weighted by molar-refractivity contribution is 6.30. The number of nitrogens with zero attached hydrogens (tertiary/aromatic N) is 2. The van der Waals surface area contributed by atoms with Gasteiger partial charge < -0.3 is 9.09 Å². The maximum absolute atomic E-state index is 14.5. The van der Waals surface area contributed by atoms with E-state index in [4.69, 9.17) is 16.1 Å². The molecule has 0 unspecified atom stereocenters. The van der Waals surface area contributed by atoms with Gasteiger partial charge >= 0.3 is 0 Å². The van der Waals surface area contributed by atoms with Crippen LogP contribution in [0.5, 0.6) is 0 Å². The molecule has 0 saturated carbocycles. The smallest absolute Gasteiger partial charge is 0.269 e. The van der Waals surface area contributed by atoms with Crippen LogP contribution >= 0.6 is 11.6 Å². The summed E-state index contributed by atoms with van der Waals surface area (Å²) < 4.78 is 48.3. The fraction of sp³-hybridized carbons (Fsp3) is 0.167. The Kier molecular flexibility index (Phi) is 4.93. The van der Waals surface area contributed by atoms with Crippen molar-refractivity contribution in [3.63, 3.8) is 0 Å². The number of halogens is 4. The number of benzene rings is 1. The van der Waals surface area contributed by atoms with Crippen molar-refractivity contribution in [1.29, 1.82) is 0 Å². The van der Waals surface area contributed by atoms with Crippen LogP contribution < -0.4 is 5.56 Å². The van der Waals surface area contributed by atoms with Crippen LogP contribution in [0.3, 0.4) is 0 Å². The average Bonchev–Trinajstić information content (AvgIpc) is 2.97. The summed E-state index contributed by atoms with van der Waals surface area (Å²) in [6.45, 7) is 3.06. The summed E-state index contributed by atoms with van der Waals surface area (Å²) in [5.41, 5.74) is -1.56.